The second kappa shape index (κ2) is 7.21. The highest BCUT2D eigenvalue weighted by Crippen LogP contribution is 2.34. The molecule has 13 heteroatoms. The fourth-order valence-electron chi connectivity index (χ4n) is 2.98. The summed E-state index contributed by atoms with van der Waals surface area (Å²) < 4.78 is 7.16. The molecule has 0 spiro atoms. The van der Waals surface area contributed by atoms with E-state index in [-0.39, 0.29) is 11.8 Å². The number of aliphatic imine (C=N–C) groups is 1. The summed E-state index contributed by atoms with van der Waals surface area (Å²) in [6, 6.07) is 0. The summed E-state index contributed by atoms with van der Waals surface area (Å²) in [5, 5.41) is 31.4. The zero-order chi connectivity index (χ0) is 19.9. The normalized spacial score (nSPS) is 27.8. The van der Waals surface area contributed by atoms with Crippen LogP contribution in [0.15, 0.2) is 17.6 Å². The molecule has 3 heterocycles. The average Bonchev–Trinajstić information content (AvgIpc) is 3.16. The van der Waals surface area contributed by atoms with Crippen molar-refractivity contribution in [3.05, 3.63) is 12.7 Å². The molecule has 13 nitrogen and oxygen atoms in total. The van der Waals surface area contributed by atoms with Gasteiger partial charge in [-0.15, -0.1) is 0 Å². The van der Waals surface area contributed by atoms with E-state index in [9.17, 15) is 15.3 Å². The number of anilines is 1. The minimum Gasteiger partial charge on any atom is -0.387 e. The Hall–Kier alpha value is -2.58. The van der Waals surface area contributed by atoms with Gasteiger partial charge in [0.2, 0.25) is 0 Å². The Morgan fingerprint density at radius 3 is 2.67 bits per heavy atom. The Kier molecular flexibility index (Phi) is 5.12. The number of aliphatic hydroxyl groups excluding tert-OH is 3. The van der Waals surface area contributed by atoms with Crippen molar-refractivity contribution in [1.82, 2.24) is 24.4 Å². The number of ether oxygens (including phenoxy) is 1. The van der Waals surface area contributed by atoms with E-state index < -0.39 is 36.9 Å². The second-order valence-electron chi connectivity index (χ2n) is 6.32. The first kappa shape index (κ1) is 19.2. The number of rotatable bonds is 5. The molecule has 0 aromatic carbocycles. The number of nitrogens with two attached hydrogens (primary N) is 3. The first-order valence-electron chi connectivity index (χ1n) is 8.15. The van der Waals surface area contributed by atoms with Crippen molar-refractivity contribution in [1.29, 1.82) is 0 Å². The number of aliphatic hydroxyl groups is 3. The number of fused-ring (bicyclic) bond motifs is 1. The van der Waals surface area contributed by atoms with Crippen LogP contribution in [0.25, 0.3) is 11.2 Å². The monoisotopic (exact) mass is 381 g/mol. The average molecular weight is 381 g/mol. The van der Waals surface area contributed by atoms with E-state index >= 15 is 0 Å². The second-order valence-corrected chi connectivity index (χ2v) is 6.32. The number of likely N-dealkylation sites (N-methyl/N-ethyl adjacent to an activating group) is 1. The molecular formula is C14H23N9O4. The lowest BCUT2D eigenvalue weighted by Crippen LogP contribution is -2.50. The summed E-state index contributed by atoms with van der Waals surface area (Å²) in [5.41, 5.74) is 17.1. The minimum absolute atomic E-state index is 0.144. The smallest absolute Gasteiger partial charge is 0.187 e. The summed E-state index contributed by atoms with van der Waals surface area (Å²) in [4.78, 5) is 17.4. The molecule has 1 fully saturated rings. The number of nitrogens with zero attached hydrogens (tertiary/aromatic N) is 6. The molecule has 148 valence electrons. The first-order valence-corrected chi connectivity index (χ1v) is 8.15. The van der Waals surface area contributed by atoms with Crippen molar-refractivity contribution in [3.63, 3.8) is 0 Å². The molecule has 3 rings (SSSR count). The fraction of sp³-hybridized carbons (Fsp3) is 0.571. The van der Waals surface area contributed by atoms with Crippen molar-refractivity contribution < 1.29 is 20.1 Å². The van der Waals surface area contributed by atoms with Gasteiger partial charge in [0.15, 0.2) is 23.7 Å². The maximum absolute atomic E-state index is 10.6. The summed E-state index contributed by atoms with van der Waals surface area (Å²) in [6.45, 7) is 1.65. The highest BCUT2D eigenvalue weighted by atomic mass is 16.6. The van der Waals surface area contributed by atoms with Gasteiger partial charge < -0.3 is 37.3 Å². The standard InChI is InChI=1S/C14H23N9O4/c1-5(21-14(16)17)22(2)12(26)9-7(24)8(25)13(27-9)23-4-20-6-10(15)18-3-19-11(6)23/h3-5,7-9,12-13,24-26H,1-2H3,(H2,15,18,19)(H4,16,17,21)/t5?,7-,8+,9-,12?,13+/m0/s1. The van der Waals surface area contributed by atoms with E-state index in [4.69, 9.17) is 21.9 Å². The lowest BCUT2D eigenvalue weighted by molar-refractivity contribution is -0.140. The fourth-order valence-corrected chi connectivity index (χ4v) is 2.98. The quantitative estimate of drug-likeness (QED) is 0.173. The lowest BCUT2D eigenvalue weighted by atomic mass is 10.1. The van der Waals surface area contributed by atoms with Crippen LogP contribution in [0.3, 0.4) is 0 Å². The molecule has 0 saturated carbocycles. The predicted octanol–water partition coefficient (Wildman–Crippen LogP) is -3.10. The molecule has 0 aliphatic carbocycles. The molecule has 27 heavy (non-hydrogen) atoms. The predicted molar refractivity (Wildman–Crippen MR) is 94.7 cm³/mol. The van der Waals surface area contributed by atoms with E-state index in [0.29, 0.717) is 11.2 Å². The van der Waals surface area contributed by atoms with Gasteiger partial charge in [-0.25, -0.2) is 19.9 Å². The lowest BCUT2D eigenvalue weighted by Gasteiger charge is -2.31. The highest BCUT2D eigenvalue weighted by molar-refractivity contribution is 5.81. The molecule has 0 amide bonds. The number of imidazole rings is 1. The van der Waals surface area contributed by atoms with Crippen molar-refractivity contribution in [2.24, 2.45) is 16.5 Å². The molecule has 9 N–H and O–H groups in total. The third-order valence-corrected chi connectivity index (χ3v) is 4.57. The van der Waals surface area contributed by atoms with Crippen LogP contribution < -0.4 is 17.2 Å². The van der Waals surface area contributed by atoms with Crippen LogP contribution in [0.1, 0.15) is 13.2 Å². The van der Waals surface area contributed by atoms with E-state index in [2.05, 4.69) is 19.9 Å². The zero-order valence-electron chi connectivity index (χ0n) is 14.8. The van der Waals surface area contributed by atoms with Gasteiger partial charge in [0, 0.05) is 0 Å². The summed E-state index contributed by atoms with van der Waals surface area (Å²) in [7, 11) is 1.55. The zero-order valence-corrected chi connectivity index (χ0v) is 14.8. The Morgan fingerprint density at radius 2 is 2.00 bits per heavy atom. The molecule has 1 saturated heterocycles. The number of aromatic nitrogens is 4. The van der Waals surface area contributed by atoms with Crippen LogP contribution >= 0.6 is 0 Å². The molecule has 0 bridgehead atoms. The number of guanidine groups is 1. The third-order valence-electron chi connectivity index (χ3n) is 4.57. The van der Waals surface area contributed by atoms with Crippen LogP contribution in [0.2, 0.25) is 0 Å². The van der Waals surface area contributed by atoms with Crippen LogP contribution in [0, 0.1) is 0 Å². The minimum atomic E-state index is -1.38. The van der Waals surface area contributed by atoms with Crippen molar-refractivity contribution in [2.75, 3.05) is 12.8 Å². The summed E-state index contributed by atoms with van der Waals surface area (Å²) in [5.74, 6) is 0.0312. The highest BCUT2D eigenvalue weighted by Gasteiger charge is 2.48. The first-order chi connectivity index (χ1) is 12.7. The van der Waals surface area contributed by atoms with Crippen LogP contribution in [0.5, 0.6) is 0 Å². The number of hydrogen-bond acceptors (Lipinski definition) is 10. The Bertz CT molecular complexity index is 839. The van der Waals surface area contributed by atoms with E-state index in [1.165, 1.54) is 22.1 Å². The molecule has 1 aliphatic rings. The molecule has 1 aliphatic heterocycles. The van der Waals surface area contributed by atoms with Gasteiger partial charge in [0.1, 0.15) is 42.5 Å². The molecular weight excluding hydrogens is 358 g/mol. The largest absolute Gasteiger partial charge is 0.387 e. The third kappa shape index (κ3) is 3.38. The number of nitrogen functional groups attached to an aromatic ring is 1. The van der Waals surface area contributed by atoms with Crippen molar-refractivity contribution in [3.8, 4) is 0 Å². The summed E-state index contributed by atoms with van der Waals surface area (Å²) in [6.07, 6.45) is -4.15. The van der Waals surface area contributed by atoms with Crippen LogP contribution in [-0.4, -0.2) is 83.5 Å². The van der Waals surface area contributed by atoms with Crippen molar-refractivity contribution >= 4 is 22.9 Å². The topological polar surface area (TPSA) is 207 Å². The number of hydrogen-bond donors (Lipinski definition) is 6. The maximum Gasteiger partial charge on any atom is 0.187 e. The SMILES string of the molecule is CC(N=C(N)N)N(C)C(O)[C@H]1O[C@@H](n2cnc3c(N)ncnc32)[C@H](O)[C@@H]1O. The Labute approximate surface area is 154 Å². The van der Waals surface area contributed by atoms with E-state index in [1.54, 1.807) is 14.0 Å². The van der Waals surface area contributed by atoms with Crippen LogP contribution in [-0.2, 0) is 4.74 Å². The molecule has 2 aromatic heterocycles. The van der Waals surface area contributed by atoms with E-state index in [0.717, 1.165) is 0 Å². The van der Waals surface area contributed by atoms with Gasteiger partial charge in [-0.05, 0) is 14.0 Å². The van der Waals surface area contributed by atoms with Gasteiger partial charge >= 0.3 is 0 Å². The molecule has 2 aromatic rings. The molecule has 0 radical (unpaired) electrons. The van der Waals surface area contributed by atoms with Crippen molar-refractivity contribution in [2.45, 2.75) is 43.9 Å². The Balaban J connectivity index is 1.85. The van der Waals surface area contributed by atoms with Gasteiger partial charge in [-0.2, -0.15) is 0 Å². The van der Waals surface area contributed by atoms with Gasteiger partial charge in [0.05, 0.1) is 6.33 Å². The summed E-state index contributed by atoms with van der Waals surface area (Å²) >= 11 is 0. The van der Waals surface area contributed by atoms with E-state index in [1.807, 2.05) is 0 Å². The maximum atomic E-state index is 10.6. The van der Waals surface area contributed by atoms with Crippen LogP contribution in [0.4, 0.5) is 5.82 Å². The van der Waals surface area contributed by atoms with Gasteiger partial charge in [-0.3, -0.25) is 9.47 Å². The Morgan fingerprint density at radius 1 is 1.30 bits per heavy atom. The molecule has 6 atom stereocenters. The van der Waals surface area contributed by atoms with Gasteiger partial charge in [-0.1, -0.05) is 0 Å². The van der Waals surface area contributed by atoms with Gasteiger partial charge in [0.25, 0.3) is 0 Å². The molecule has 2 unspecified atom stereocenters.